The van der Waals surface area contributed by atoms with Crippen LogP contribution in [-0.4, -0.2) is 23.9 Å². The number of hydrogen-bond acceptors (Lipinski definition) is 4. The number of nitrogen functional groups attached to an aromatic ring is 1. The molecular formula is C16H21N3OS. The lowest BCUT2D eigenvalue weighted by Crippen LogP contribution is -2.31. The summed E-state index contributed by atoms with van der Waals surface area (Å²) in [6.07, 6.45) is 5.13. The summed E-state index contributed by atoms with van der Waals surface area (Å²) in [7, 11) is 0. The molecule has 4 nitrogen and oxygen atoms in total. The molecule has 0 bridgehead atoms. The van der Waals surface area contributed by atoms with E-state index in [4.69, 9.17) is 5.84 Å². The van der Waals surface area contributed by atoms with Gasteiger partial charge in [-0.15, -0.1) is 11.3 Å². The summed E-state index contributed by atoms with van der Waals surface area (Å²) in [4.78, 5) is 15.3. The molecule has 0 unspecified atom stereocenters. The molecule has 5 heteroatoms. The van der Waals surface area contributed by atoms with Crippen molar-refractivity contribution in [2.24, 2.45) is 5.84 Å². The summed E-state index contributed by atoms with van der Waals surface area (Å²) in [5.41, 5.74) is 3.41. The summed E-state index contributed by atoms with van der Waals surface area (Å²) >= 11 is 1.53. The molecular weight excluding hydrogens is 282 g/mol. The van der Waals surface area contributed by atoms with Crippen molar-refractivity contribution in [1.82, 2.24) is 10.3 Å². The van der Waals surface area contributed by atoms with E-state index in [2.05, 4.69) is 22.5 Å². The quantitative estimate of drug-likeness (QED) is 0.521. The number of carbonyl (C=O) groups excluding carboxylic acids is 1. The van der Waals surface area contributed by atoms with Gasteiger partial charge in [0.05, 0.1) is 4.88 Å². The van der Waals surface area contributed by atoms with E-state index in [0.717, 1.165) is 34.8 Å². The number of hydrogen-bond donors (Lipinski definition) is 2. The van der Waals surface area contributed by atoms with Crippen molar-refractivity contribution in [2.45, 2.75) is 32.2 Å². The van der Waals surface area contributed by atoms with Gasteiger partial charge in [-0.2, -0.15) is 0 Å². The minimum absolute atomic E-state index is 0.180. The molecule has 112 valence electrons. The molecule has 21 heavy (non-hydrogen) atoms. The normalized spacial score (nSPS) is 16.8. The minimum Gasteiger partial charge on any atom is -0.299 e. The number of thiophene rings is 1. The van der Waals surface area contributed by atoms with E-state index in [-0.39, 0.29) is 5.91 Å². The first-order valence-electron chi connectivity index (χ1n) is 7.53. The molecule has 0 radical (unpaired) electrons. The zero-order valence-electron chi connectivity index (χ0n) is 12.1. The van der Waals surface area contributed by atoms with E-state index in [9.17, 15) is 4.79 Å². The maximum absolute atomic E-state index is 12.1. The summed E-state index contributed by atoms with van der Waals surface area (Å²) in [6.45, 7) is 3.08. The molecule has 1 fully saturated rings. The number of fused-ring (bicyclic) bond motifs is 1. The molecule has 2 aromatic rings. The first-order chi connectivity index (χ1) is 10.3. The summed E-state index contributed by atoms with van der Waals surface area (Å²) in [5.74, 6) is 5.17. The average Bonchev–Trinajstić information content (AvgIpc) is 2.69. The number of nitrogens with two attached hydrogens (primary N) is 1. The Morgan fingerprint density at radius 1 is 1.19 bits per heavy atom. The van der Waals surface area contributed by atoms with Crippen LogP contribution in [0.5, 0.6) is 0 Å². The number of carbonyl (C=O) groups is 1. The van der Waals surface area contributed by atoms with Crippen molar-refractivity contribution in [2.75, 3.05) is 13.1 Å². The zero-order valence-corrected chi connectivity index (χ0v) is 12.9. The molecule has 1 saturated heterocycles. The Labute approximate surface area is 128 Å². The number of nitrogens with one attached hydrogen (secondary N) is 1. The molecule has 1 amide bonds. The average molecular weight is 303 g/mol. The van der Waals surface area contributed by atoms with Crippen LogP contribution >= 0.6 is 11.3 Å². The standard InChI is InChI=1S/C16H21N3OS/c17-18-16(20)15-13(11-19-9-5-1-2-6-10-19)12-7-3-4-8-14(12)21-15/h3-4,7-8H,1-2,5-6,9-11,17H2,(H,18,20). The molecule has 0 spiro atoms. The second-order valence-electron chi connectivity index (χ2n) is 5.57. The van der Waals surface area contributed by atoms with E-state index < -0.39 is 0 Å². The van der Waals surface area contributed by atoms with E-state index >= 15 is 0 Å². The van der Waals surface area contributed by atoms with Gasteiger partial charge in [0.25, 0.3) is 5.91 Å². The van der Waals surface area contributed by atoms with E-state index in [1.165, 1.54) is 42.4 Å². The van der Waals surface area contributed by atoms with Gasteiger partial charge in [-0.3, -0.25) is 15.1 Å². The number of rotatable bonds is 3. The highest BCUT2D eigenvalue weighted by Crippen LogP contribution is 2.32. The maximum Gasteiger partial charge on any atom is 0.275 e. The number of hydrazine groups is 1. The molecule has 1 aromatic carbocycles. The van der Waals surface area contributed by atoms with Crippen LogP contribution in [0.1, 0.15) is 40.9 Å². The molecule has 2 heterocycles. The van der Waals surface area contributed by atoms with E-state index in [1.807, 2.05) is 12.1 Å². The van der Waals surface area contributed by atoms with E-state index in [1.54, 1.807) is 0 Å². The van der Waals surface area contributed by atoms with Gasteiger partial charge in [0, 0.05) is 11.2 Å². The van der Waals surface area contributed by atoms with Gasteiger partial charge in [0.15, 0.2) is 0 Å². The number of benzene rings is 1. The van der Waals surface area contributed by atoms with Crippen LogP contribution in [0.4, 0.5) is 0 Å². The third-order valence-electron chi connectivity index (χ3n) is 4.12. The van der Waals surface area contributed by atoms with Gasteiger partial charge < -0.3 is 0 Å². The van der Waals surface area contributed by atoms with Crippen LogP contribution < -0.4 is 11.3 Å². The SMILES string of the molecule is NNC(=O)c1sc2ccccc2c1CN1CCCCCC1. The van der Waals surface area contributed by atoms with Crippen molar-refractivity contribution in [3.8, 4) is 0 Å². The van der Waals surface area contributed by atoms with Crippen LogP contribution in [0.3, 0.4) is 0 Å². The van der Waals surface area contributed by atoms with Crippen molar-refractivity contribution >= 4 is 27.3 Å². The molecule has 0 aliphatic carbocycles. The van der Waals surface area contributed by atoms with Crippen molar-refractivity contribution < 1.29 is 4.79 Å². The number of amides is 1. The highest BCUT2D eigenvalue weighted by molar-refractivity contribution is 7.21. The Kier molecular flexibility index (Phi) is 4.53. The molecule has 1 aromatic heterocycles. The topological polar surface area (TPSA) is 58.4 Å². The maximum atomic E-state index is 12.1. The summed E-state index contributed by atoms with van der Waals surface area (Å²) < 4.78 is 1.15. The van der Waals surface area contributed by atoms with Gasteiger partial charge in [0.1, 0.15) is 0 Å². The van der Waals surface area contributed by atoms with Gasteiger partial charge in [-0.1, -0.05) is 31.0 Å². The summed E-state index contributed by atoms with van der Waals surface area (Å²) in [5, 5.41) is 1.19. The van der Waals surface area contributed by atoms with Crippen LogP contribution in [0, 0.1) is 0 Å². The number of nitrogens with zero attached hydrogens (tertiary/aromatic N) is 1. The lowest BCUT2D eigenvalue weighted by Gasteiger charge is -2.20. The molecule has 3 N–H and O–H groups in total. The van der Waals surface area contributed by atoms with Crippen molar-refractivity contribution in [3.63, 3.8) is 0 Å². The minimum atomic E-state index is -0.180. The fourth-order valence-electron chi connectivity index (χ4n) is 3.02. The Morgan fingerprint density at radius 3 is 2.62 bits per heavy atom. The van der Waals surface area contributed by atoms with Crippen LogP contribution in [0.2, 0.25) is 0 Å². The Hall–Kier alpha value is -1.43. The lowest BCUT2D eigenvalue weighted by molar-refractivity contribution is 0.0956. The third-order valence-corrected chi connectivity index (χ3v) is 5.33. The highest BCUT2D eigenvalue weighted by atomic mass is 32.1. The van der Waals surface area contributed by atoms with Gasteiger partial charge in [-0.05, 0) is 42.9 Å². The second kappa shape index (κ2) is 6.56. The predicted molar refractivity (Wildman–Crippen MR) is 87.2 cm³/mol. The lowest BCUT2D eigenvalue weighted by atomic mass is 10.1. The zero-order chi connectivity index (χ0) is 14.7. The highest BCUT2D eigenvalue weighted by Gasteiger charge is 2.20. The first-order valence-corrected chi connectivity index (χ1v) is 8.35. The monoisotopic (exact) mass is 303 g/mol. The Bertz CT molecular complexity index is 629. The van der Waals surface area contributed by atoms with Crippen LogP contribution in [-0.2, 0) is 6.54 Å². The van der Waals surface area contributed by atoms with Crippen molar-refractivity contribution in [1.29, 1.82) is 0 Å². The van der Waals surface area contributed by atoms with Crippen LogP contribution in [0.25, 0.3) is 10.1 Å². The van der Waals surface area contributed by atoms with Crippen molar-refractivity contribution in [3.05, 3.63) is 34.7 Å². The van der Waals surface area contributed by atoms with Gasteiger partial charge in [-0.25, -0.2) is 5.84 Å². The fraction of sp³-hybridized carbons (Fsp3) is 0.438. The fourth-order valence-corrected chi connectivity index (χ4v) is 4.14. The Balaban J connectivity index is 1.96. The Morgan fingerprint density at radius 2 is 1.90 bits per heavy atom. The molecule has 1 aliphatic rings. The summed E-state index contributed by atoms with van der Waals surface area (Å²) in [6, 6.07) is 8.22. The van der Waals surface area contributed by atoms with Gasteiger partial charge in [0.2, 0.25) is 0 Å². The largest absolute Gasteiger partial charge is 0.299 e. The first kappa shape index (κ1) is 14.5. The van der Waals surface area contributed by atoms with E-state index in [0.29, 0.717) is 0 Å². The predicted octanol–water partition coefficient (Wildman–Crippen LogP) is 2.88. The smallest absolute Gasteiger partial charge is 0.275 e. The van der Waals surface area contributed by atoms with Gasteiger partial charge >= 0.3 is 0 Å². The molecule has 0 atom stereocenters. The molecule has 0 saturated carbocycles. The molecule has 1 aliphatic heterocycles. The number of likely N-dealkylation sites (tertiary alicyclic amines) is 1. The second-order valence-corrected chi connectivity index (χ2v) is 6.62. The third kappa shape index (κ3) is 3.10. The van der Waals surface area contributed by atoms with Crippen LogP contribution in [0.15, 0.2) is 24.3 Å². The molecule has 3 rings (SSSR count).